The van der Waals surface area contributed by atoms with Gasteiger partial charge in [-0.1, -0.05) is 27.7 Å². The van der Waals surface area contributed by atoms with Crippen LogP contribution < -0.4 is 0 Å². The molecule has 100 valence electrons. The Bertz CT molecular complexity index is 419. The lowest BCUT2D eigenvalue weighted by Gasteiger charge is -2.10. The molecule has 1 aromatic heterocycles. The molecule has 0 atom stereocenters. The molecule has 0 aliphatic heterocycles. The lowest BCUT2D eigenvalue weighted by molar-refractivity contribution is 0.0694. The summed E-state index contributed by atoms with van der Waals surface area (Å²) in [6.07, 6.45) is 1.43. The zero-order chi connectivity index (χ0) is 13.7. The zero-order valence-corrected chi connectivity index (χ0v) is 12.1. The van der Waals surface area contributed by atoms with Gasteiger partial charge in [0.15, 0.2) is 0 Å². The molecule has 0 unspecified atom stereocenters. The predicted molar refractivity (Wildman–Crippen MR) is 74.1 cm³/mol. The van der Waals surface area contributed by atoms with Crippen molar-refractivity contribution in [1.82, 2.24) is 9.97 Å². The summed E-state index contributed by atoms with van der Waals surface area (Å²) in [7, 11) is 0. The molecule has 1 aromatic rings. The summed E-state index contributed by atoms with van der Waals surface area (Å²) in [4.78, 5) is 19.6. The van der Waals surface area contributed by atoms with Crippen LogP contribution in [0.1, 0.15) is 55.5 Å². The zero-order valence-electron chi connectivity index (χ0n) is 11.3. The van der Waals surface area contributed by atoms with Crippen LogP contribution in [0.25, 0.3) is 0 Å². The maximum Gasteiger partial charge on any atom is 0.339 e. The molecule has 18 heavy (non-hydrogen) atoms. The van der Waals surface area contributed by atoms with E-state index < -0.39 is 5.97 Å². The minimum atomic E-state index is -0.958. The standard InChI is InChI=1S/C13H20N2O2S/c1-8(2)6-18-7-11-14-5-10(13(16)17)12(15-11)9(3)4/h5,8-9H,6-7H2,1-4H3,(H,16,17). The normalized spacial score (nSPS) is 11.2. The predicted octanol–water partition coefficient (Wildman–Crippen LogP) is 3.19. The van der Waals surface area contributed by atoms with E-state index in [2.05, 4.69) is 23.8 Å². The third-order valence-corrected chi connectivity index (χ3v) is 3.69. The van der Waals surface area contributed by atoms with Gasteiger partial charge in [0, 0.05) is 6.20 Å². The van der Waals surface area contributed by atoms with Gasteiger partial charge in [0.2, 0.25) is 0 Å². The van der Waals surface area contributed by atoms with Gasteiger partial charge in [-0.05, 0) is 17.6 Å². The number of aromatic nitrogens is 2. The molecule has 0 aliphatic rings. The van der Waals surface area contributed by atoms with Crippen molar-refractivity contribution in [3.8, 4) is 0 Å². The lowest BCUT2D eigenvalue weighted by atomic mass is 10.1. The summed E-state index contributed by atoms with van der Waals surface area (Å²) < 4.78 is 0. The van der Waals surface area contributed by atoms with Crippen LogP contribution in [-0.4, -0.2) is 26.8 Å². The summed E-state index contributed by atoms with van der Waals surface area (Å²) in [6.45, 7) is 8.22. The molecule has 0 aromatic carbocycles. The van der Waals surface area contributed by atoms with Crippen molar-refractivity contribution in [3.63, 3.8) is 0 Å². The number of hydrogen-bond donors (Lipinski definition) is 1. The van der Waals surface area contributed by atoms with Gasteiger partial charge in [0.1, 0.15) is 5.82 Å². The van der Waals surface area contributed by atoms with Gasteiger partial charge in [0.25, 0.3) is 0 Å². The summed E-state index contributed by atoms with van der Waals surface area (Å²) in [6, 6.07) is 0. The quantitative estimate of drug-likeness (QED) is 0.858. The summed E-state index contributed by atoms with van der Waals surface area (Å²) in [5.74, 6) is 2.28. The Hall–Kier alpha value is -1.10. The van der Waals surface area contributed by atoms with E-state index in [0.29, 0.717) is 17.4 Å². The maximum atomic E-state index is 11.1. The van der Waals surface area contributed by atoms with Crippen LogP contribution in [0.4, 0.5) is 0 Å². The summed E-state index contributed by atoms with van der Waals surface area (Å²) >= 11 is 1.78. The van der Waals surface area contributed by atoms with Gasteiger partial charge in [-0.25, -0.2) is 14.8 Å². The number of hydrogen-bond acceptors (Lipinski definition) is 4. The van der Waals surface area contributed by atoms with Crippen molar-refractivity contribution >= 4 is 17.7 Å². The molecule has 0 saturated carbocycles. The van der Waals surface area contributed by atoms with Crippen LogP contribution in [-0.2, 0) is 5.75 Å². The Balaban J connectivity index is 2.83. The van der Waals surface area contributed by atoms with Crippen LogP contribution >= 0.6 is 11.8 Å². The van der Waals surface area contributed by atoms with E-state index in [-0.39, 0.29) is 11.5 Å². The fourth-order valence-electron chi connectivity index (χ4n) is 1.49. The molecule has 0 amide bonds. The second kappa shape index (κ2) is 6.73. The first kappa shape index (κ1) is 15.0. The highest BCUT2D eigenvalue weighted by Crippen LogP contribution is 2.19. The number of carboxylic acid groups (broad SMARTS) is 1. The number of nitrogens with zero attached hydrogens (tertiary/aromatic N) is 2. The Labute approximate surface area is 112 Å². The van der Waals surface area contributed by atoms with E-state index in [0.717, 1.165) is 11.5 Å². The molecule has 0 spiro atoms. The van der Waals surface area contributed by atoms with Gasteiger partial charge >= 0.3 is 5.97 Å². The lowest BCUT2D eigenvalue weighted by Crippen LogP contribution is -2.10. The molecule has 4 nitrogen and oxygen atoms in total. The molecule has 0 saturated heterocycles. The summed E-state index contributed by atoms with van der Waals surface area (Å²) in [5.41, 5.74) is 0.834. The second-order valence-electron chi connectivity index (χ2n) is 4.95. The molecular weight excluding hydrogens is 248 g/mol. The largest absolute Gasteiger partial charge is 0.478 e. The van der Waals surface area contributed by atoms with Crippen molar-refractivity contribution in [2.24, 2.45) is 5.92 Å². The van der Waals surface area contributed by atoms with E-state index in [4.69, 9.17) is 5.11 Å². The molecule has 1 rings (SSSR count). The third kappa shape index (κ3) is 4.29. The average Bonchev–Trinajstić information content (AvgIpc) is 2.28. The SMILES string of the molecule is CC(C)CSCc1ncc(C(=O)O)c(C(C)C)n1. The topological polar surface area (TPSA) is 63.1 Å². The van der Waals surface area contributed by atoms with Crippen molar-refractivity contribution in [2.45, 2.75) is 39.4 Å². The summed E-state index contributed by atoms with van der Waals surface area (Å²) in [5, 5.41) is 9.07. The van der Waals surface area contributed by atoms with Crippen molar-refractivity contribution in [3.05, 3.63) is 23.3 Å². The Morgan fingerprint density at radius 3 is 2.56 bits per heavy atom. The van der Waals surface area contributed by atoms with E-state index in [9.17, 15) is 4.79 Å². The number of rotatable bonds is 6. The molecular formula is C13H20N2O2S. The first-order valence-electron chi connectivity index (χ1n) is 6.08. The van der Waals surface area contributed by atoms with Crippen LogP contribution in [0, 0.1) is 5.92 Å². The first-order valence-corrected chi connectivity index (χ1v) is 7.24. The Morgan fingerprint density at radius 2 is 2.06 bits per heavy atom. The van der Waals surface area contributed by atoms with E-state index in [1.165, 1.54) is 6.20 Å². The molecule has 0 fully saturated rings. The second-order valence-corrected chi connectivity index (χ2v) is 5.98. The number of carbonyl (C=O) groups is 1. The van der Waals surface area contributed by atoms with Crippen molar-refractivity contribution < 1.29 is 9.90 Å². The highest BCUT2D eigenvalue weighted by Gasteiger charge is 2.16. The average molecular weight is 268 g/mol. The highest BCUT2D eigenvalue weighted by atomic mass is 32.2. The van der Waals surface area contributed by atoms with E-state index in [1.54, 1.807) is 11.8 Å². The van der Waals surface area contributed by atoms with Gasteiger partial charge in [-0.15, -0.1) is 0 Å². The van der Waals surface area contributed by atoms with Crippen LogP contribution in [0.5, 0.6) is 0 Å². The monoisotopic (exact) mass is 268 g/mol. The van der Waals surface area contributed by atoms with Crippen LogP contribution in [0.3, 0.4) is 0 Å². The van der Waals surface area contributed by atoms with Gasteiger partial charge < -0.3 is 5.11 Å². The molecule has 0 aliphatic carbocycles. The van der Waals surface area contributed by atoms with Crippen LogP contribution in [0.15, 0.2) is 6.20 Å². The Kier molecular flexibility index (Phi) is 5.59. The van der Waals surface area contributed by atoms with Gasteiger partial charge in [-0.3, -0.25) is 0 Å². The van der Waals surface area contributed by atoms with Crippen molar-refractivity contribution in [1.29, 1.82) is 0 Å². The Morgan fingerprint density at radius 1 is 1.39 bits per heavy atom. The first-order chi connectivity index (χ1) is 8.41. The molecule has 0 bridgehead atoms. The maximum absolute atomic E-state index is 11.1. The molecule has 5 heteroatoms. The fourth-order valence-corrected chi connectivity index (χ4v) is 2.40. The van der Waals surface area contributed by atoms with Gasteiger partial charge in [0.05, 0.1) is 17.0 Å². The van der Waals surface area contributed by atoms with E-state index in [1.807, 2.05) is 13.8 Å². The van der Waals surface area contributed by atoms with E-state index >= 15 is 0 Å². The third-order valence-electron chi connectivity index (χ3n) is 2.33. The van der Waals surface area contributed by atoms with Crippen LogP contribution in [0.2, 0.25) is 0 Å². The molecule has 1 heterocycles. The number of thioether (sulfide) groups is 1. The smallest absolute Gasteiger partial charge is 0.339 e. The minimum absolute atomic E-state index is 0.0907. The number of aromatic carboxylic acids is 1. The van der Waals surface area contributed by atoms with Gasteiger partial charge in [-0.2, -0.15) is 11.8 Å². The molecule has 0 radical (unpaired) electrons. The minimum Gasteiger partial charge on any atom is -0.478 e. The molecule has 1 N–H and O–H groups in total. The van der Waals surface area contributed by atoms with Crippen molar-refractivity contribution in [2.75, 3.05) is 5.75 Å². The fraction of sp³-hybridized carbons (Fsp3) is 0.615. The highest BCUT2D eigenvalue weighted by molar-refractivity contribution is 7.98. The number of carboxylic acids is 1.